The third-order valence-electron chi connectivity index (χ3n) is 4.04. The maximum absolute atomic E-state index is 12.9. The summed E-state index contributed by atoms with van der Waals surface area (Å²) < 4.78 is 12.9. The molecule has 134 valence electrons. The Morgan fingerprint density at radius 2 is 1.92 bits per heavy atom. The number of aryl methyl sites for hydroxylation is 2. The number of aromatic nitrogens is 1. The van der Waals surface area contributed by atoms with Crippen LogP contribution in [0.3, 0.4) is 0 Å². The number of carbonyl (C=O) groups excluding carboxylic acids is 2. The highest BCUT2D eigenvalue weighted by Gasteiger charge is 2.21. The summed E-state index contributed by atoms with van der Waals surface area (Å²) in [5.41, 5.74) is 1.28. The molecule has 0 fully saturated rings. The Kier molecular flexibility index (Phi) is 6.25. The smallest absolute Gasteiger partial charge is 0.251 e. The first kappa shape index (κ1) is 19.1. The highest BCUT2D eigenvalue weighted by atomic mass is 32.1. The number of nitrogens with one attached hydrogen (secondary N) is 1. The summed E-state index contributed by atoms with van der Waals surface area (Å²) in [4.78, 5) is 31.5. The van der Waals surface area contributed by atoms with Crippen LogP contribution in [0.4, 0.5) is 4.39 Å². The largest absolute Gasteiger partial charge is 0.352 e. The lowest BCUT2D eigenvalue weighted by molar-refractivity contribution is -0.131. The molecule has 0 aliphatic carbocycles. The van der Waals surface area contributed by atoms with Crippen molar-refractivity contribution in [2.75, 3.05) is 13.6 Å². The number of carbonyl (C=O) groups is 2. The molecule has 2 amide bonds. The van der Waals surface area contributed by atoms with E-state index in [0.717, 1.165) is 15.6 Å². The number of benzene rings is 1. The standard InChI is InChI=1S/C18H22FN3O2S/c1-11(17-12(2)25-13(3)21-17)22(4)16(23)9-10-20-18(24)14-5-7-15(19)8-6-14/h5-8,11H,9-10H2,1-4H3,(H,20,24)/t11-/m0/s1. The molecule has 0 radical (unpaired) electrons. The Morgan fingerprint density at radius 3 is 2.48 bits per heavy atom. The van der Waals surface area contributed by atoms with Crippen molar-refractivity contribution in [1.82, 2.24) is 15.2 Å². The lowest BCUT2D eigenvalue weighted by Gasteiger charge is -2.24. The molecule has 0 bridgehead atoms. The van der Waals surface area contributed by atoms with E-state index in [1.807, 2.05) is 20.8 Å². The van der Waals surface area contributed by atoms with Gasteiger partial charge >= 0.3 is 0 Å². The molecule has 0 saturated heterocycles. The van der Waals surface area contributed by atoms with E-state index < -0.39 is 5.82 Å². The minimum Gasteiger partial charge on any atom is -0.352 e. The first-order valence-electron chi connectivity index (χ1n) is 8.03. The highest BCUT2D eigenvalue weighted by molar-refractivity contribution is 7.11. The van der Waals surface area contributed by atoms with E-state index in [4.69, 9.17) is 0 Å². The molecule has 1 heterocycles. The summed E-state index contributed by atoms with van der Waals surface area (Å²) in [6.07, 6.45) is 0.190. The second-order valence-corrected chi connectivity index (χ2v) is 7.28. The fourth-order valence-corrected chi connectivity index (χ4v) is 3.40. The number of halogens is 1. The molecule has 1 atom stereocenters. The predicted octanol–water partition coefficient (Wildman–Crippen LogP) is 3.24. The van der Waals surface area contributed by atoms with Crippen LogP contribution in [0.15, 0.2) is 24.3 Å². The van der Waals surface area contributed by atoms with Crippen molar-refractivity contribution in [3.8, 4) is 0 Å². The predicted molar refractivity (Wildman–Crippen MR) is 96.1 cm³/mol. The van der Waals surface area contributed by atoms with Gasteiger partial charge in [0, 0.05) is 30.5 Å². The molecule has 7 heteroatoms. The SMILES string of the molecule is Cc1nc([C@H](C)N(C)C(=O)CCNC(=O)c2ccc(F)cc2)c(C)s1. The molecule has 0 saturated carbocycles. The van der Waals surface area contributed by atoms with Gasteiger partial charge in [-0.3, -0.25) is 9.59 Å². The van der Waals surface area contributed by atoms with E-state index in [1.165, 1.54) is 24.3 Å². The maximum Gasteiger partial charge on any atom is 0.251 e. The van der Waals surface area contributed by atoms with E-state index in [-0.39, 0.29) is 30.8 Å². The van der Waals surface area contributed by atoms with Crippen LogP contribution in [0.25, 0.3) is 0 Å². The van der Waals surface area contributed by atoms with E-state index >= 15 is 0 Å². The molecule has 2 aromatic rings. The average Bonchev–Trinajstić information content (AvgIpc) is 2.92. The zero-order chi connectivity index (χ0) is 18.6. The number of rotatable bonds is 6. The number of hydrogen-bond donors (Lipinski definition) is 1. The Morgan fingerprint density at radius 1 is 1.28 bits per heavy atom. The van der Waals surface area contributed by atoms with Gasteiger partial charge in [0.15, 0.2) is 0 Å². The van der Waals surface area contributed by atoms with Gasteiger partial charge in [-0.15, -0.1) is 11.3 Å². The summed E-state index contributed by atoms with van der Waals surface area (Å²) in [6, 6.07) is 5.16. The van der Waals surface area contributed by atoms with Crippen LogP contribution in [0.1, 0.15) is 45.3 Å². The minimum absolute atomic E-state index is 0.0723. The maximum atomic E-state index is 12.9. The molecule has 1 aromatic heterocycles. The summed E-state index contributed by atoms with van der Waals surface area (Å²) in [7, 11) is 1.74. The Bertz CT molecular complexity index is 758. The third-order valence-corrected chi connectivity index (χ3v) is 4.94. The molecule has 5 nitrogen and oxygen atoms in total. The van der Waals surface area contributed by atoms with Crippen LogP contribution in [-0.2, 0) is 4.79 Å². The second kappa shape index (κ2) is 8.20. The summed E-state index contributed by atoms with van der Waals surface area (Å²) in [5.74, 6) is -0.790. The van der Waals surface area contributed by atoms with Gasteiger partial charge in [-0.05, 0) is 45.0 Å². The number of hydrogen-bond acceptors (Lipinski definition) is 4. The summed E-state index contributed by atoms with van der Waals surface area (Å²) in [5, 5.41) is 3.65. The van der Waals surface area contributed by atoms with Crippen LogP contribution < -0.4 is 5.32 Å². The van der Waals surface area contributed by atoms with Gasteiger partial charge in [0.05, 0.1) is 16.7 Å². The van der Waals surface area contributed by atoms with Gasteiger partial charge in [0.25, 0.3) is 5.91 Å². The van der Waals surface area contributed by atoms with Crippen molar-refractivity contribution in [2.45, 2.75) is 33.2 Å². The topological polar surface area (TPSA) is 62.3 Å². The number of thiazole rings is 1. The number of nitrogens with zero attached hydrogens (tertiary/aromatic N) is 2. The summed E-state index contributed by atoms with van der Waals surface area (Å²) >= 11 is 1.61. The molecule has 25 heavy (non-hydrogen) atoms. The minimum atomic E-state index is -0.394. The fraction of sp³-hybridized carbons (Fsp3) is 0.389. The Hall–Kier alpha value is -2.28. The Balaban J connectivity index is 1.86. The van der Waals surface area contributed by atoms with E-state index in [9.17, 15) is 14.0 Å². The highest BCUT2D eigenvalue weighted by Crippen LogP contribution is 2.26. The van der Waals surface area contributed by atoms with Crippen LogP contribution in [-0.4, -0.2) is 35.3 Å². The molecule has 0 spiro atoms. The fourth-order valence-electron chi connectivity index (χ4n) is 2.49. The van der Waals surface area contributed by atoms with Gasteiger partial charge in [-0.1, -0.05) is 0 Å². The van der Waals surface area contributed by atoms with Crippen LogP contribution >= 0.6 is 11.3 Å². The van der Waals surface area contributed by atoms with Crippen LogP contribution in [0.2, 0.25) is 0 Å². The first-order valence-corrected chi connectivity index (χ1v) is 8.84. The van der Waals surface area contributed by atoms with Crippen molar-refractivity contribution in [1.29, 1.82) is 0 Å². The molecule has 1 aromatic carbocycles. The normalized spacial score (nSPS) is 11.9. The lowest BCUT2D eigenvalue weighted by atomic mass is 10.2. The molecule has 0 aliphatic heterocycles. The van der Waals surface area contributed by atoms with E-state index in [0.29, 0.717) is 5.56 Å². The molecule has 0 aliphatic rings. The first-order chi connectivity index (χ1) is 11.8. The van der Waals surface area contributed by atoms with Crippen LogP contribution in [0, 0.1) is 19.7 Å². The van der Waals surface area contributed by atoms with Crippen LogP contribution in [0.5, 0.6) is 0 Å². The molecule has 2 rings (SSSR count). The van der Waals surface area contributed by atoms with Gasteiger partial charge < -0.3 is 10.2 Å². The molecule has 1 N–H and O–H groups in total. The molecular formula is C18H22FN3O2S. The second-order valence-electron chi connectivity index (χ2n) is 5.87. The average molecular weight is 363 g/mol. The molecule has 0 unspecified atom stereocenters. The quantitative estimate of drug-likeness (QED) is 0.857. The van der Waals surface area contributed by atoms with Crippen molar-refractivity contribution in [3.63, 3.8) is 0 Å². The van der Waals surface area contributed by atoms with Crippen molar-refractivity contribution < 1.29 is 14.0 Å². The van der Waals surface area contributed by atoms with Gasteiger partial charge in [-0.25, -0.2) is 9.37 Å². The van der Waals surface area contributed by atoms with E-state index in [1.54, 1.807) is 23.3 Å². The lowest BCUT2D eigenvalue weighted by Crippen LogP contribution is -2.34. The Labute approximate surface area is 150 Å². The van der Waals surface area contributed by atoms with E-state index in [2.05, 4.69) is 10.3 Å². The zero-order valence-corrected chi connectivity index (χ0v) is 15.6. The number of amides is 2. The van der Waals surface area contributed by atoms with Crippen molar-refractivity contribution in [2.24, 2.45) is 0 Å². The van der Waals surface area contributed by atoms with Gasteiger partial charge in [0.1, 0.15) is 5.82 Å². The monoisotopic (exact) mass is 363 g/mol. The van der Waals surface area contributed by atoms with Crippen molar-refractivity contribution in [3.05, 3.63) is 51.2 Å². The van der Waals surface area contributed by atoms with Crippen molar-refractivity contribution >= 4 is 23.2 Å². The summed E-state index contributed by atoms with van der Waals surface area (Å²) in [6.45, 7) is 6.11. The zero-order valence-electron chi connectivity index (χ0n) is 14.8. The third kappa shape index (κ3) is 4.85. The molecular weight excluding hydrogens is 341 g/mol. The van der Waals surface area contributed by atoms with Gasteiger partial charge in [-0.2, -0.15) is 0 Å². The van der Waals surface area contributed by atoms with Gasteiger partial charge in [0.2, 0.25) is 5.91 Å².